The molecule has 2 atom stereocenters. The van der Waals surface area contributed by atoms with Crippen molar-refractivity contribution in [3.8, 4) is 17.0 Å². The summed E-state index contributed by atoms with van der Waals surface area (Å²) in [6, 6.07) is 6.18. The third-order valence-corrected chi connectivity index (χ3v) is 7.25. The van der Waals surface area contributed by atoms with Crippen molar-refractivity contribution >= 4 is 5.69 Å². The number of hydrogen-bond donors (Lipinski definition) is 1. The number of nitrogens with one attached hydrogen (secondary N) is 1. The van der Waals surface area contributed by atoms with Crippen LogP contribution in [0.15, 0.2) is 47.8 Å². The Morgan fingerprint density at radius 3 is 2.86 bits per heavy atom. The molecule has 1 aliphatic carbocycles. The Bertz CT molecular complexity index is 1190. The Morgan fingerprint density at radius 2 is 2.09 bits per heavy atom. The molecule has 5 rings (SSSR count). The molecule has 0 bridgehead atoms. The summed E-state index contributed by atoms with van der Waals surface area (Å²) < 4.78 is 8.92. The van der Waals surface area contributed by atoms with Crippen LogP contribution >= 0.6 is 0 Å². The highest BCUT2D eigenvalue weighted by Gasteiger charge is 2.23. The molecular formula is C26H35N7O2. The number of pyridine rings is 2. The quantitative estimate of drug-likeness (QED) is 0.506. The normalized spacial score (nSPS) is 19.4. The lowest BCUT2D eigenvalue weighted by Crippen LogP contribution is -2.47. The number of hydrogen-bond acceptors (Lipinski definition) is 7. The largest absolute Gasteiger partial charge is 0.492 e. The zero-order chi connectivity index (χ0) is 24.2. The molecule has 1 saturated carbocycles. The average molecular weight is 478 g/mol. The van der Waals surface area contributed by atoms with Gasteiger partial charge in [0.25, 0.3) is 5.56 Å². The summed E-state index contributed by atoms with van der Waals surface area (Å²) >= 11 is 0. The number of piperidine rings is 1. The molecule has 3 aromatic rings. The summed E-state index contributed by atoms with van der Waals surface area (Å²) in [4.78, 5) is 19.6. The van der Waals surface area contributed by atoms with Gasteiger partial charge in [-0.25, -0.2) is 4.68 Å². The molecule has 2 fully saturated rings. The predicted molar refractivity (Wildman–Crippen MR) is 136 cm³/mol. The number of anilines is 1. The number of nitrogens with zero attached hydrogens (tertiary/aromatic N) is 6. The summed E-state index contributed by atoms with van der Waals surface area (Å²) in [5, 5.41) is 12.3. The maximum Gasteiger partial charge on any atom is 0.254 e. The van der Waals surface area contributed by atoms with Gasteiger partial charge in [-0.2, -0.15) is 0 Å². The highest BCUT2D eigenvalue weighted by molar-refractivity contribution is 5.58. The van der Waals surface area contributed by atoms with Crippen molar-refractivity contribution in [3.05, 3.63) is 53.3 Å². The van der Waals surface area contributed by atoms with E-state index in [0.717, 1.165) is 43.2 Å². The Hall–Kier alpha value is -3.20. The fourth-order valence-electron chi connectivity index (χ4n) is 4.92. The molecule has 0 amide bonds. The molecule has 4 heterocycles. The van der Waals surface area contributed by atoms with Gasteiger partial charge in [-0.1, -0.05) is 11.6 Å². The van der Waals surface area contributed by atoms with Gasteiger partial charge >= 0.3 is 0 Å². The van der Waals surface area contributed by atoms with E-state index in [0.29, 0.717) is 24.1 Å². The lowest BCUT2D eigenvalue weighted by molar-refractivity contribution is 0.280. The first kappa shape index (κ1) is 23.5. The fourth-order valence-corrected chi connectivity index (χ4v) is 4.92. The first-order valence-corrected chi connectivity index (χ1v) is 12.8. The average Bonchev–Trinajstić information content (AvgIpc) is 3.34. The van der Waals surface area contributed by atoms with E-state index in [9.17, 15) is 4.79 Å². The van der Waals surface area contributed by atoms with E-state index in [2.05, 4.69) is 25.5 Å². The molecule has 0 aromatic carbocycles. The van der Waals surface area contributed by atoms with Crippen molar-refractivity contribution in [1.29, 1.82) is 0 Å². The van der Waals surface area contributed by atoms with Gasteiger partial charge in [-0.05, 0) is 64.1 Å². The number of ether oxygens (including phenoxy) is 1. The van der Waals surface area contributed by atoms with E-state index in [-0.39, 0.29) is 11.7 Å². The van der Waals surface area contributed by atoms with Gasteiger partial charge in [-0.3, -0.25) is 14.3 Å². The first-order valence-electron chi connectivity index (χ1n) is 12.8. The van der Waals surface area contributed by atoms with Crippen molar-refractivity contribution in [2.75, 3.05) is 31.1 Å². The fraction of sp³-hybridized carbons (Fsp3) is 0.538. The minimum Gasteiger partial charge on any atom is -0.492 e. The summed E-state index contributed by atoms with van der Waals surface area (Å²) in [5.41, 5.74) is 2.45. The van der Waals surface area contributed by atoms with Crippen LogP contribution in [0, 0.1) is 5.92 Å². The van der Waals surface area contributed by atoms with E-state index in [4.69, 9.17) is 4.74 Å². The van der Waals surface area contributed by atoms with Gasteiger partial charge in [0.1, 0.15) is 17.6 Å². The van der Waals surface area contributed by atoms with Crippen molar-refractivity contribution in [2.24, 2.45) is 5.92 Å². The van der Waals surface area contributed by atoms with Crippen LogP contribution < -0.4 is 20.5 Å². The molecule has 2 aliphatic rings. The van der Waals surface area contributed by atoms with E-state index in [1.54, 1.807) is 27.7 Å². The van der Waals surface area contributed by atoms with Gasteiger partial charge < -0.3 is 15.0 Å². The van der Waals surface area contributed by atoms with Crippen molar-refractivity contribution in [1.82, 2.24) is 29.9 Å². The summed E-state index contributed by atoms with van der Waals surface area (Å²) in [7, 11) is 0. The van der Waals surface area contributed by atoms with Crippen molar-refractivity contribution in [3.63, 3.8) is 0 Å². The molecule has 35 heavy (non-hydrogen) atoms. The molecule has 0 spiro atoms. The van der Waals surface area contributed by atoms with Crippen LogP contribution in [0.2, 0.25) is 0 Å². The van der Waals surface area contributed by atoms with Crippen LogP contribution in [0.1, 0.15) is 52.1 Å². The Kier molecular flexibility index (Phi) is 7.13. The van der Waals surface area contributed by atoms with Gasteiger partial charge in [0, 0.05) is 48.8 Å². The third kappa shape index (κ3) is 5.40. The Balaban J connectivity index is 1.26. The zero-order valence-electron chi connectivity index (χ0n) is 20.6. The molecule has 3 aromatic heterocycles. The van der Waals surface area contributed by atoms with E-state index < -0.39 is 0 Å². The SMILES string of the molecule is CCOc1cncc(-c2cn(C(C)n3ccc(N4CCC[C@@H](NCC5CCC5)C4)cc3=O)nn2)c1. The molecule has 186 valence electrons. The zero-order valence-corrected chi connectivity index (χ0v) is 20.6. The van der Waals surface area contributed by atoms with Gasteiger partial charge in [0.2, 0.25) is 0 Å². The van der Waals surface area contributed by atoms with Gasteiger partial charge in [-0.15, -0.1) is 5.10 Å². The maximum absolute atomic E-state index is 13.1. The van der Waals surface area contributed by atoms with Gasteiger partial charge in [0.05, 0.1) is 19.0 Å². The first-order chi connectivity index (χ1) is 17.1. The lowest BCUT2D eigenvalue weighted by atomic mass is 9.85. The molecule has 1 unspecified atom stereocenters. The standard InChI is InChI=1S/C26H35N7O2/c1-3-35-24-12-21(15-27-16-24)25-18-33(30-29-25)19(2)32-11-9-23(13-26(32)34)31-10-5-8-22(17-31)28-14-20-6-4-7-20/h9,11-13,15-16,18-20,22,28H,3-8,10,14,17H2,1-2H3/t19?,22-/m1/s1. The summed E-state index contributed by atoms with van der Waals surface area (Å²) in [6.45, 7) is 7.52. The topological polar surface area (TPSA) is 90.1 Å². The molecule has 1 N–H and O–H groups in total. The second-order valence-corrected chi connectivity index (χ2v) is 9.68. The minimum absolute atomic E-state index is 0.0448. The second kappa shape index (κ2) is 10.6. The molecule has 1 saturated heterocycles. The number of aromatic nitrogens is 5. The number of rotatable bonds is 9. The van der Waals surface area contributed by atoms with Crippen LogP contribution in [0.4, 0.5) is 5.69 Å². The van der Waals surface area contributed by atoms with Crippen LogP contribution in [0.5, 0.6) is 5.75 Å². The molecule has 9 nitrogen and oxygen atoms in total. The van der Waals surface area contributed by atoms with Crippen LogP contribution in [-0.2, 0) is 0 Å². The Morgan fingerprint density at radius 1 is 1.20 bits per heavy atom. The lowest BCUT2D eigenvalue weighted by Gasteiger charge is -2.36. The van der Waals surface area contributed by atoms with Crippen LogP contribution in [-0.4, -0.2) is 56.8 Å². The van der Waals surface area contributed by atoms with Gasteiger partial charge in [0.15, 0.2) is 0 Å². The minimum atomic E-state index is -0.306. The van der Waals surface area contributed by atoms with E-state index in [1.807, 2.05) is 38.4 Å². The summed E-state index contributed by atoms with van der Waals surface area (Å²) in [5.74, 6) is 1.55. The highest BCUT2D eigenvalue weighted by atomic mass is 16.5. The molecule has 1 aliphatic heterocycles. The molecule has 9 heteroatoms. The maximum atomic E-state index is 13.1. The monoisotopic (exact) mass is 477 g/mol. The van der Waals surface area contributed by atoms with Crippen molar-refractivity contribution < 1.29 is 4.74 Å². The van der Waals surface area contributed by atoms with Crippen LogP contribution in [0.3, 0.4) is 0 Å². The second-order valence-electron chi connectivity index (χ2n) is 9.68. The predicted octanol–water partition coefficient (Wildman–Crippen LogP) is 3.33. The van der Waals surface area contributed by atoms with Crippen molar-refractivity contribution in [2.45, 2.75) is 58.2 Å². The highest BCUT2D eigenvalue weighted by Crippen LogP contribution is 2.26. The third-order valence-electron chi connectivity index (χ3n) is 7.25. The molecule has 0 radical (unpaired) electrons. The molecular weight excluding hydrogens is 442 g/mol. The Labute approximate surface area is 206 Å². The van der Waals surface area contributed by atoms with E-state index >= 15 is 0 Å². The van der Waals surface area contributed by atoms with E-state index in [1.165, 1.54) is 25.7 Å². The van der Waals surface area contributed by atoms with Crippen LogP contribution in [0.25, 0.3) is 11.3 Å². The summed E-state index contributed by atoms with van der Waals surface area (Å²) in [6.07, 6.45) is 13.3. The smallest absolute Gasteiger partial charge is 0.254 e.